The molecule has 0 saturated carbocycles. The maximum atomic E-state index is 12.4. The van der Waals surface area contributed by atoms with Gasteiger partial charge in [-0.2, -0.15) is 0 Å². The van der Waals surface area contributed by atoms with E-state index in [-0.39, 0.29) is 24.8 Å². The number of amides is 2. The van der Waals surface area contributed by atoms with E-state index in [4.69, 9.17) is 5.73 Å². The summed E-state index contributed by atoms with van der Waals surface area (Å²) in [4.78, 5) is 25.2. The van der Waals surface area contributed by atoms with Gasteiger partial charge >= 0.3 is 0 Å². The zero-order chi connectivity index (χ0) is 15.8. The molecule has 1 aromatic carbocycles. The van der Waals surface area contributed by atoms with Crippen molar-refractivity contribution >= 4 is 11.8 Å². The van der Waals surface area contributed by atoms with Gasteiger partial charge in [0.15, 0.2) is 0 Å². The molecule has 21 heavy (non-hydrogen) atoms. The topological polar surface area (TPSA) is 75.4 Å². The lowest BCUT2D eigenvalue weighted by Gasteiger charge is -2.18. The van der Waals surface area contributed by atoms with Crippen molar-refractivity contribution in [3.63, 3.8) is 0 Å². The predicted molar refractivity (Wildman–Crippen MR) is 82.8 cm³/mol. The number of rotatable bonds is 4. The molecule has 112 valence electrons. The van der Waals surface area contributed by atoms with Gasteiger partial charge in [0.05, 0.1) is 6.54 Å². The minimum Gasteiger partial charge on any atom is -0.359 e. The number of hydrogen-bond donors (Lipinski definition) is 2. The summed E-state index contributed by atoms with van der Waals surface area (Å²) < 4.78 is 0. The molecule has 5 heteroatoms. The van der Waals surface area contributed by atoms with Gasteiger partial charge in [0.2, 0.25) is 5.91 Å². The minimum atomic E-state index is -0.118. The van der Waals surface area contributed by atoms with Gasteiger partial charge in [-0.25, -0.2) is 0 Å². The van der Waals surface area contributed by atoms with E-state index in [0.717, 1.165) is 11.1 Å². The van der Waals surface area contributed by atoms with Gasteiger partial charge in [0.1, 0.15) is 0 Å². The van der Waals surface area contributed by atoms with Gasteiger partial charge in [-0.05, 0) is 24.6 Å². The maximum Gasteiger partial charge on any atom is 0.253 e. The molecule has 0 saturated heterocycles. The van der Waals surface area contributed by atoms with Crippen molar-refractivity contribution in [3.8, 4) is 11.8 Å². The molecule has 0 aromatic heterocycles. The molecule has 5 nitrogen and oxygen atoms in total. The predicted octanol–water partition coefficient (Wildman–Crippen LogP) is 0.513. The lowest BCUT2D eigenvalue weighted by Crippen LogP contribution is -2.31. The quantitative estimate of drug-likeness (QED) is 0.792. The second-order valence-electron chi connectivity index (χ2n) is 4.63. The highest BCUT2D eigenvalue weighted by atomic mass is 16.2. The summed E-state index contributed by atoms with van der Waals surface area (Å²) in [5.74, 6) is 5.54. The molecule has 1 rings (SSSR count). The highest BCUT2D eigenvalue weighted by molar-refractivity contribution is 5.96. The van der Waals surface area contributed by atoms with Crippen molar-refractivity contribution < 1.29 is 9.59 Å². The largest absolute Gasteiger partial charge is 0.359 e. The Bertz CT molecular complexity index is 585. The standard InChI is InChI=1S/C16H21N3O2/c1-12-13(7-5-10-17)6-4-8-14(12)16(21)19(3)11-9-15(20)18-2/h4,6,8H,9-11,17H2,1-3H3,(H,18,20). The van der Waals surface area contributed by atoms with E-state index in [2.05, 4.69) is 17.2 Å². The Hall–Kier alpha value is -2.32. The molecule has 0 radical (unpaired) electrons. The molecule has 0 aliphatic carbocycles. The molecule has 0 unspecified atom stereocenters. The molecule has 0 atom stereocenters. The summed E-state index contributed by atoms with van der Waals surface area (Å²) in [5.41, 5.74) is 7.59. The van der Waals surface area contributed by atoms with Gasteiger partial charge in [0.25, 0.3) is 5.91 Å². The summed E-state index contributed by atoms with van der Waals surface area (Å²) in [7, 11) is 3.26. The number of benzene rings is 1. The van der Waals surface area contributed by atoms with Crippen molar-refractivity contribution in [2.75, 3.05) is 27.2 Å². The van der Waals surface area contributed by atoms with Crippen LogP contribution in [0.3, 0.4) is 0 Å². The number of hydrogen-bond acceptors (Lipinski definition) is 3. The zero-order valence-corrected chi connectivity index (χ0v) is 12.7. The average molecular weight is 287 g/mol. The molecule has 0 aliphatic heterocycles. The molecule has 0 bridgehead atoms. The molecular formula is C16H21N3O2. The Morgan fingerprint density at radius 1 is 1.38 bits per heavy atom. The summed E-state index contributed by atoms with van der Waals surface area (Å²) in [5, 5.41) is 2.54. The molecular weight excluding hydrogens is 266 g/mol. The number of nitrogens with one attached hydrogen (secondary N) is 1. The van der Waals surface area contributed by atoms with E-state index >= 15 is 0 Å². The Kier molecular flexibility index (Phi) is 6.44. The van der Waals surface area contributed by atoms with E-state index in [9.17, 15) is 9.59 Å². The molecule has 2 amide bonds. The number of nitrogens with zero attached hydrogens (tertiary/aromatic N) is 1. The van der Waals surface area contributed by atoms with Crippen molar-refractivity contribution in [2.45, 2.75) is 13.3 Å². The van der Waals surface area contributed by atoms with Gasteiger partial charge in [-0.3, -0.25) is 9.59 Å². The van der Waals surface area contributed by atoms with Crippen LogP contribution >= 0.6 is 0 Å². The molecule has 0 spiro atoms. The lowest BCUT2D eigenvalue weighted by atomic mass is 10.0. The Morgan fingerprint density at radius 3 is 2.71 bits per heavy atom. The van der Waals surface area contributed by atoms with E-state index in [0.29, 0.717) is 12.1 Å². The van der Waals surface area contributed by atoms with Crippen LogP contribution in [0.15, 0.2) is 18.2 Å². The normalized spacial score (nSPS) is 9.52. The lowest BCUT2D eigenvalue weighted by molar-refractivity contribution is -0.120. The fraction of sp³-hybridized carbons (Fsp3) is 0.375. The van der Waals surface area contributed by atoms with Crippen LogP contribution in [0, 0.1) is 18.8 Å². The van der Waals surface area contributed by atoms with Crippen LogP contribution in [0.1, 0.15) is 27.9 Å². The summed E-state index contributed by atoms with van der Waals surface area (Å²) in [6.07, 6.45) is 0.282. The summed E-state index contributed by atoms with van der Waals surface area (Å²) in [6.45, 7) is 2.51. The van der Waals surface area contributed by atoms with Crippen LogP contribution in [0.25, 0.3) is 0 Å². The Balaban J connectivity index is 2.89. The Labute approximate surface area is 125 Å². The van der Waals surface area contributed by atoms with Crippen LogP contribution in [0.5, 0.6) is 0 Å². The molecule has 0 fully saturated rings. The van der Waals surface area contributed by atoms with Crippen molar-refractivity contribution in [1.29, 1.82) is 0 Å². The average Bonchev–Trinajstić information content (AvgIpc) is 2.50. The molecule has 0 aliphatic rings. The van der Waals surface area contributed by atoms with E-state index < -0.39 is 0 Å². The highest BCUT2D eigenvalue weighted by Gasteiger charge is 2.16. The first-order chi connectivity index (χ1) is 10.0. The van der Waals surface area contributed by atoms with Crippen molar-refractivity contribution in [3.05, 3.63) is 34.9 Å². The van der Waals surface area contributed by atoms with E-state index in [1.54, 1.807) is 26.2 Å². The molecule has 1 aromatic rings. The first-order valence-corrected chi connectivity index (χ1v) is 6.75. The Morgan fingerprint density at radius 2 is 2.10 bits per heavy atom. The van der Waals surface area contributed by atoms with Crippen LogP contribution < -0.4 is 11.1 Å². The summed E-state index contributed by atoms with van der Waals surface area (Å²) >= 11 is 0. The number of carbonyl (C=O) groups is 2. The second-order valence-corrected chi connectivity index (χ2v) is 4.63. The molecule has 3 N–H and O–H groups in total. The van der Waals surface area contributed by atoms with Crippen LogP contribution in [0.4, 0.5) is 0 Å². The van der Waals surface area contributed by atoms with E-state index in [1.807, 2.05) is 13.0 Å². The third-order valence-corrected chi connectivity index (χ3v) is 3.19. The van der Waals surface area contributed by atoms with Crippen molar-refractivity contribution in [2.24, 2.45) is 5.73 Å². The highest BCUT2D eigenvalue weighted by Crippen LogP contribution is 2.15. The van der Waals surface area contributed by atoms with Gasteiger partial charge in [-0.1, -0.05) is 17.9 Å². The smallest absolute Gasteiger partial charge is 0.253 e. The van der Waals surface area contributed by atoms with Gasteiger partial charge in [0, 0.05) is 38.2 Å². The second kappa shape index (κ2) is 8.08. The van der Waals surface area contributed by atoms with Crippen LogP contribution in [0.2, 0.25) is 0 Å². The fourth-order valence-corrected chi connectivity index (χ4v) is 1.85. The van der Waals surface area contributed by atoms with Gasteiger partial charge in [-0.15, -0.1) is 0 Å². The van der Waals surface area contributed by atoms with Crippen LogP contribution in [-0.2, 0) is 4.79 Å². The van der Waals surface area contributed by atoms with E-state index in [1.165, 1.54) is 4.90 Å². The third kappa shape index (κ3) is 4.62. The number of nitrogens with two attached hydrogens (primary N) is 1. The summed E-state index contributed by atoms with van der Waals surface area (Å²) in [6, 6.07) is 5.42. The van der Waals surface area contributed by atoms with Gasteiger partial charge < -0.3 is 16.0 Å². The SMILES string of the molecule is CNC(=O)CCN(C)C(=O)c1cccc(C#CCN)c1C. The fourth-order valence-electron chi connectivity index (χ4n) is 1.85. The molecule has 0 heterocycles. The first-order valence-electron chi connectivity index (χ1n) is 6.75. The maximum absolute atomic E-state index is 12.4. The minimum absolute atomic E-state index is 0.0889. The number of carbonyl (C=O) groups excluding carboxylic acids is 2. The zero-order valence-electron chi connectivity index (χ0n) is 12.7. The van der Waals surface area contributed by atoms with Crippen LogP contribution in [-0.4, -0.2) is 43.9 Å². The van der Waals surface area contributed by atoms with Crippen molar-refractivity contribution in [1.82, 2.24) is 10.2 Å². The monoisotopic (exact) mass is 287 g/mol. The third-order valence-electron chi connectivity index (χ3n) is 3.19. The first kappa shape index (κ1) is 16.7.